The summed E-state index contributed by atoms with van der Waals surface area (Å²) in [6.45, 7) is 5.35. The predicted molar refractivity (Wildman–Crippen MR) is 80.3 cm³/mol. The lowest BCUT2D eigenvalue weighted by molar-refractivity contribution is 0.177. The lowest BCUT2D eigenvalue weighted by Crippen LogP contribution is -2.20. The number of rotatable bonds is 4. The van der Waals surface area contributed by atoms with Crippen LogP contribution in [0.2, 0.25) is 0 Å². The number of hydrogen-bond donors (Lipinski definition) is 2. The molecule has 1 fully saturated rings. The Morgan fingerprint density at radius 1 is 1.32 bits per heavy atom. The van der Waals surface area contributed by atoms with E-state index in [0.29, 0.717) is 17.9 Å². The van der Waals surface area contributed by atoms with Crippen molar-refractivity contribution >= 4 is 0 Å². The molecule has 1 unspecified atom stereocenters. The van der Waals surface area contributed by atoms with Crippen molar-refractivity contribution in [2.75, 3.05) is 13.6 Å². The molecule has 2 heteroatoms. The van der Waals surface area contributed by atoms with Gasteiger partial charge in [-0.2, -0.15) is 0 Å². The number of nitrogens with one attached hydrogen (secondary N) is 1. The van der Waals surface area contributed by atoms with Gasteiger partial charge in [0.1, 0.15) is 0 Å². The van der Waals surface area contributed by atoms with Crippen molar-refractivity contribution in [2.45, 2.75) is 51.6 Å². The Hall–Kier alpha value is -0.860. The van der Waals surface area contributed by atoms with E-state index in [0.717, 1.165) is 5.56 Å². The van der Waals surface area contributed by atoms with Gasteiger partial charge in [-0.25, -0.2) is 0 Å². The van der Waals surface area contributed by atoms with Gasteiger partial charge in [-0.1, -0.05) is 38.1 Å². The highest BCUT2D eigenvalue weighted by Crippen LogP contribution is 2.42. The third-order valence-electron chi connectivity index (χ3n) is 4.50. The van der Waals surface area contributed by atoms with Gasteiger partial charge in [-0.05, 0) is 55.2 Å². The quantitative estimate of drug-likeness (QED) is 0.867. The highest BCUT2D eigenvalue weighted by molar-refractivity contribution is 5.28. The van der Waals surface area contributed by atoms with Crippen molar-refractivity contribution in [3.05, 3.63) is 35.4 Å². The zero-order valence-corrected chi connectivity index (χ0v) is 12.4. The molecule has 0 amide bonds. The van der Waals surface area contributed by atoms with Crippen LogP contribution in [0.3, 0.4) is 0 Å². The van der Waals surface area contributed by atoms with E-state index >= 15 is 0 Å². The van der Waals surface area contributed by atoms with E-state index in [9.17, 15) is 5.11 Å². The minimum atomic E-state index is -0.398. The Balaban J connectivity index is 2.07. The Morgan fingerprint density at radius 2 is 2.00 bits per heavy atom. The maximum Gasteiger partial charge on any atom is 0.0914 e. The molecule has 1 aromatic rings. The zero-order valence-electron chi connectivity index (χ0n) is 12.4. The Kier molecular flexibility index (Phi) is 4.64. The molecule has 1 saturated carbocycles. The first kappa shape index (κ1) is 14.5. The molecule has 0 saturated heterocycles. The van der Waals surface area contributed by atoms with Gasteiger partial charge in [0.15, 0.2) is 0 Å². The second-order valence-corrected chi connectivity index (χ2v) is 6.68. The van der Waals surface area contributed by atoms with Crippen molar-refractivity contribution in [1.82, 2.24) is 5.32 Å². The van der Waals surface area contributed by atoms with Crippen molar-refractivity contribution < 1.29 is 5.11 Å². The molecule has 0 radical (unpaired) electrons. The van der Waals surface area contributed by atoms with Gasteiger partial charge in [-0.15, -0.1) is 0 Å². The van der Waals surface area contributed by atoms with Gasteiger partial charge in [0.2, 0.25) is 0 Å². The first-order chi connectivity index (χ1) is 9.02. The highest BCUT2D eigenvalue weighted by atomic mass is 16.3. The molecule has 106 valence electrons. The summed E-state index contributed by atoms with van der Waals surface area (Å²) in [5.74, 6) is 0.676. The number of aliphatic hydroxyl groups is 1. The summed E-state index contributed by atoms with van der Waals surface area (Å²) in [4.78, 5) is 0. The summed E-state index contributed by atoms with van der Waals surface area (Å²) in [6.07, 6.45) is 4.77. The fraction of sp³-hybridized carbons (Fsp3) is 0.647. The summed E-state index contributed by atoms with van der Waals surface area (Å²) < 4.78 is 0. The summed E-state index contributed by atoms with van der Waals surface area (Å²) >= 11 is 0. The molecule has 0 aromatic heterocycles. The molecule has 1 aromatic carbocycles. The van der Waals surface area contributed by atoms with Crippen LogP contribution in [-0.2, 0) is 0 Å². The van der Waals surface area contributed by atoms with Gasteiger partial charge in [0.25, 0.3) is 0 Å². The van der Waals surface area contributed by atoms with Crippen LogP contribution in [-0.4, -0.2) is 18.7 Å². The van der Waals surface area contributed by atoms with E-state index in [2.05, 4.69) is 37.4 Å². The normalized spacial score (nSPS) is 21.3. The SMILES string of the molecule is CNCC(O)c1cccc(C2CCC(C)(C)CC2)c1. The molecule has 2 rings (SSSR count). The minimum Gasteiger partial charge on any atom is -0.387 e. The van der Waals surface area contributed by atoms with Crippen LogP contribution in [0, 0.1) is 5.41 Å². The van der Waals surface area contributed by atoms with E-state index in [-0.39, 0.29) is 0 Å². The van der Waals surface area contributed by atoms with Gasteiger partial charge in [0, 0.05) is 6.54 Å². The van der Waals surface area contributed by atoms with Crippen molar-refractivity contribution in [3.63, 3.8) is 0 Å². The lowest BCUT2D eigenvalue weighted by Gasteiger charge is -2.34. The zero-order chi connectivity index (χ0) is 13.9. The van der Waals surface area contributed by atoms with Gasteiger partial charge < -0.3 is 10.4 Å². The van der Waals surface area contributed by atoms with E-state index in [1.165, 1.54) is 31.2 Å². The molecule has 0 bridgehead atoms. The van der Waals surface area contributed by atoms with Gasteiger partial charge in [0.05, 0.1) is 6.10 Å². The second-order valence-electron chi connectivity index (χ2n) is 6.68. The van der Waals surface area contributed by atoms with Crippen molar-refractivity contribution in [1.29, 1.82) is 0 Å². The molecule has 1 aliphatic rings. The third-order valence-corrected chi connectivity index (χ3v) is 4.50. The molecule has 0 heterocycles. The first-order valence-electron chi connectivity index (χ1n) is 7.44. The molecule has 2 nitrogen and oxygen atoms in total. The second kappa shape index (κ2) is 6.06. The molecule has 1 atom stereocenters. The first-order valence-corrected chi connectivity index (χ1v) is 7.44. The smallest absolute Gasteiger partial charge is 0.0914 e. The summed E-state index contributed by atoms with van der Waals surface area (Å²) in [7, 11) is 1.87. The molecule has 1 aliphatic carbocycles. The van der Waals surface area contributed by atoms with E-state index in [1.54, 1.807) is 0 Å². The molecule has 0 spiro atoms. The summed E-state index contributed by atoms with van der Waals surface area (Å²) in [6, 6.07) is 8.53. The average Bonchev–Trinajstić information content (AvgIpc) is 2.39. The molecule has 2 N–H and O–H groups in total. The van der Waals surface area contributed by atoms with E-state index in [4.69, 9.17) is 0 Å². The Labute approximate surface area is 117 Å². The van der Waals surface area contributed by atoms with Crippen LogP contribution in [0.5, 0.6) is 0 Å². The minimum absolute atomic E-state index is 0.398. The largest absolute Gasteiger partial charge is 0.387 e. The number of benzene rings is 1. The number of aliphatic hydroxyl groups excluding tert-OH is 1. The van der Waals surface area contributed by atoms with Crippen molar-refractivity contribution in [3.8, 4) is 0 Å². The van der Waals surface area contributed by atoms with Gasteiger partial charge >= 0.3 is 0 Å². The van der Waals surface area contributed by atoms with Crippen LogP contribution in [0.4, 0.5) is 0 Å². The maximum absolute atomic E-state index is 10.1. The predicted octanol–water partition coefficient (Wildman–Crippen LogP) is 3.62. The topological polar surface area (TPSA) is 32.3 Å². The summed E-state index contributed by atoms with van der Waals surface area (Å²) in [5.41, 5.74) is 2.96. The fourth-order valence-electron chi connectivity index (χ4n) is 3.06. The fourth-order valence-corrected chi connectivity index (χ4v) is 3.06. The lowest BCUT2D eigenvalue weighted by atomic mass is 9.71. The van der Waals surface area contributed by atoms with Crippen LogP contribution in [0.15, 0.2) is 24.3 Å². The van der Waals surface area contributed by atoms with Crippen molar-refractivity contribution in [2.24, 2.45) is 5.41 Å². The van der Waals surface area contributed by atoms with Crippen LogP contribution >= 0.6 is 0 Å². The maximum atomic E-state index is 10.1. The number of hydrogen-bond acceptors (Lipinski definition) is 2. The van der Waals surface area contributed by atoms with Crippen LogP contribution in [0.1, 0.15) is 62.7 Å². The molecule has 19 heavy (non-hydrogen) atoms. The molecular formula is C17H27NO. The van der Waals surface area contributed by atoms with E-state index in [1.807, 2.05) is 13.1 Å². The highest BCUT2D eigenvalue weighted by Gasteiger charge is 2.27. The Bertz CT molecular complexity index is 403. The molecular weight excluding hydrogens is 234 g/mol. The van der Waals surface area contributed by atoms with Gasteiger partial charge in [-0.3, -0.25) is 0 Å². The molecule has 0 aliphatic heterocycles. The summed E-state index contributed by atoms with van der Waals surface area (Å²) in [5, 5.41) is 13.1. The third kappa shape index (κ3) is 3.80. The van der Waals surface area contributed by atoms with E-state index < -0.39 is 6.10 Å². The average molecular weight is 261 g/mol. The van der Waals surface area contributed by atoms with Crippen LogP contribution in [0.25, 0.3) is 0 Å². The Morgan fingerprint density at radius 3 is 2.63 bits per heavy atom. The number of likely N-dealkylation sites (N-methyl/N-ethyl adjacent to an activating group) is 1. The monoisotopic (exact) mass is 261 g/mol. The van der Waals surface area contributed by atoms with Crippen LogP contribution < -0.4 is 5.32 Å². The standard InChI is InChI=1S/C17H27NO/c1-17(2)9-7-13(8-10-17)14-5-4-6-15(11-14)16(19)12-18-3/h4-6,11,13,16,18-19H,7-10,12H2,1-3H3.